The van der Waals surface area contributed by atoms with Crippen molar-refractivity contribution in [3.8, 4) is 0 Å². The molecule has 0 saturated carbocycles. The molecule has 26 heavy (non-hydrogen) atoms. The number of rotatable bonds is 12. The summed E-state index contributed by atoms with van der Waals surface area (Å²) >= 11 is 0. The first-order valence-corrected chi connectivity index (χ1v) is 9.97. The second kappa shape index (κ2) is 11.5. The van der Waals surface area contributed by atoms with Gasteiger partial charge in [-0.15, -0.1) is 0 Å². The van der Waals surface area contributed by atoms with E-state index in [1.165, 1.54) is 0 Å². The van der Waals surface area contributed by atoms with E-state index in [9.17, 15) is 19.8 Å². The van der Waals surface area contributed by atoms with Crippen LogP contribution in [0.2, 0.25) is 0 Å². The van der Waals surface area contributed by atoms with Gasteiger partial charge in [-0.2, -0.15) is 0 Å². The summed E-state index contributed by atoms with van der Waals surface area (Å²) in [7, 11) is 0. The monoisotopic (exact) mass is 371 g/mol. The largest absolute Gasteiger partial charge is 0.392 e. The number of piperazine rings is 1. The van der Waals surface area contributed by atoms with E-state index in [0.717, 1.165) is 25.8 Å². The maximum Gasteiger partial charge on any atom is 0.243 e. The number of carbonyl (C=O) groups is 2. The Labute approximate surface area is 157 Å². The molecule has 0 aromatic carbocycles. The molecular weight excluding hydrogens is 334 g/mol. The predicted octanol–water partition coefficient (Wildman–Crippen LogP) is 0.640. The molecule has 1 aliphatic rings. The zero-order valence-electron chi connectivity index (χ0n) is 16.7. The zero-order chi connectivity index (χ0) is 19.7. The van der Waals surface area contributed by atoms with Crippen molar-refractivity contribution in [3.05, 3.63) is 0 Å². The van der Waals surface area contributed by atoms with E-state index >= 15 is 0 Å². The Morgan fingerprint density at radius 2 is 1.69 bits per heavy atom. The molecule has 0 aromatic rings. The number of aliphatic hydroxyl groups is 2. The first-order valence-electron chi connectivity index (χ1n) is 9.97. The Bertz CT molecular complexity index is 445. The van der Waals surface area contributed by atoms with Crippen molar-refractivity contribution in [2.75, 3.05) is 19.6 Å². The first kappa shape index (κ1) is 22.9. The van der Waals surface area contributed by atoms with E-state index < -0.39 is 24.3 Å². The van der Waals surface area contributed by atoms with Crippen molar-refractivity contribution in [2.45, 2.75) is 84.1 Å². The van der Waals surface area contributed by atoms with Crippen LogP contribution in [-0.4, -0.2) is 70.9 Å². The second-order valence-electron chi connectivity index (χ2n) is 7.60. The van der Waals surface area contributed by atoms with Gasteiger partial charge >= 0.3 is 0 Å². The normalized spacial score (nSPS) is 24.1. The highest BCUT2D eigenvalue weighted by atomic mass is 16.3. The maximum atomic E-state index is 12.2. The van der Waals surface area contributed by atoms with Crippen molar-refractivity contribution < 1.29 is 19.8 Å². The predicted molar refractivity (Wildman–Crippen MR) is 102 cm³/mol. The van der Waals surface area contributed by atoms with Gasteiger partial charge in [0.1, 0.15) is 12.1 Å². The molecule has 0 bridgehead atoms. The minimum absolute atomic E-state index is 0.0919. The number of hydrogen-bond donors (Lipinski definition) is 4. The van der Waals surface area contributed by atoms with E-state index in [0.29, 0.717) is 25.9 Å². The summed E-state index contributed by atoms with van der Waals surface area (Å²) in [6, 6.07) is -0.893. The molecule has 7 nitrogen and oxygen atoms in total. The molecule has 1 heterocycles. The molecule has 5 atom stereocenters. The second-order valence-corrected chi connectivity index (χ2v) is 7.60. The van der Waals surface area contributed by atoms with Gasteiger partial charge in [0.05, 0.1) is 12.2 Å². The van der Waals surface area contributed by atoms with Gasteiger partial charge in [0.2, 0.25) is 11.8 Å². The van der Waals surface area contributed by atoms with Gasteiger partial charge in [-0.05, 0) is 45.1 Å². The number of carbonyl (C=O) groups excluding carboxylic acids is 2. The van der Waals surface area contributed by atoms with Gasteiger partial charge in [-0.3, -0.25) is 14.5 Å². The van der Waals surface area contributed by atoms with E-state index in [4.69, 9.17) is 0 Å². The minimum Gasteiger partial charge on any atom is -0.392 e. The van der Waals surface area contributed by atoms with Crippen LogP contribution in [-0.2, 0) is 9.59 Å². The topological polar surface area (TPSA) is 102 Å². The lowest BCUT2D eigenvalue weighted by Crippen LogP contribution is -2.63. The van der Waals surface area contributed by atoms with Gasteiger partial charge in [0.25, 0.3) is 0 Å². The van der Waals surface area contributed by atoms with Crippen LogP contribution in [0, 0.1) is 5.92 Å². The summed E-state index contributed by atoms with van der Waals surface area (Å²) in [5, 5.41) is 25.1. The highest BCUT2D eigenvalue weighted by Crippen LogP contribution is 2.14. The summed E-state index contributed by atoms with van der Waals surface area (Å²) < 4.78 is 0. The Kier molecular flexibility index (Phi) is 10.1. The summed E-state index contributed by atoms with van der Waals surface area (Å²) in [6.07, 6.45) is 2.93. The maximum absolute atomic E-state index is 12.2. The van der Waals surface area contributed by atoms with Crippen molar-refractivity contribution in [1.82, 2.24) is 15.5 Å². The zero-order valence-corrected chi connectivity index (χ0v) is 16.7. The summed E-state index contributed by atoms with van der Waals surface area (Å²) in [5.41, 5.74) is 0. The number of aliphatic hydroxyl groups excluding tert-OH is 2. The molecule has 5 unspecified atom stereocenters. The molecule has 1 rings (SSSR count). The highest BCUT2D eigenvalue weighted by molar-refractivity contribution is 5.97. The van der Waals surface area contributed by atoms with E-state index in [2.05, 4.69) is 15.5 Å². The molecule has 0 aromatic heterocycles. The Morgan fingerprint density at radius 1 is 1.00 bits per heavy atom. The third kappa shape index (κ3) is 7.60. The van der Waals surface area contributed by atoms with Gasteiger partial charge in [-0.25, -0.2) is 0 Å². The summed E-state index contributed by atoms with van der Waals surface area (Å²) in [6.45, 7) is 9.45. The molecule has 1 saturated heterocycles. The molecule has 0 spiro atoms. The Balaban J connectivity index is 2.39. The van der Waals surface area contributed by atoms with Crippen LogP contribution in [0.4, 0.5) is 0 Å². The van der Waals surface area contributed by atoms with Crippen molar-refractivity contribution >= 4 is 11.8 Å². The van der Waals surface area contributed by atoms with E-state index in [1.54, 1.807) is 6.92 Å². The molecule has 7 heteroatoms. The molecule has 1 fully saturated rings. The molecule has 2 amide bonds. The van der Waals surface area contributed by atoms with E-state index in [1.807, 2.05) is 20.8 Å². The third-order valence-corrected chi connectivity index (χ3v) is 5.11. The van der Waals surface area contributed by atoms with Crippen LogP contribution in [0.1, 0.15) is 59.8 Å². The van der Waals surface area contributed by atoms with Crippen LogP contribution < -0.4 is 10.6 Å². The highest BCUT2D eigenvalue weighted by Gasteiger charge is 2.35. The fourth-order valence-corrected chi connectivity index (χ4v) is 3.23. The van der Waals surface area contributed by atoms with Crippen molar-refractivity contribution in [1.29, 1.82) is 0 Å². The lowest BCUT2D eigenvalue weighted by atomic mass is 9.94. The lowest BCUT2D eigenvalue weighted by Gasteiger charge is -2.32. The molecular formula is C19H37N3O4. The third-order valence-electron chi connectivity index (χ3n) is 5.11. The molecule has 0 aliphatic carbocycles. The van der Waals surface area contributed by atoms with Crippen LogP contribution in [0.15, 0.2) is 0 Å². The number of unbranched alkanes of at least 4 members (excludes halogenated alkanes) is 1. The fourth-order valence-electron chi connectivity index (χ4n) is 3.23. The summed E-state index contributed by atoms with van der Waals surface area (Å²) in [5.74, 6) is -0.0678. The average molecular weight is 372 g/mol. The van der Waals surface area contributed by atoms with Crippen LogP contribution in [0.5, 0.6) is 0 Å². The first-order chi connectivity index (χ1) is 12.3. The fraction of sp³-hybridized carbons (Fsp3) is 0.895. The summed E-state index contributed by atoms with van der Waals surface area (Å²) in [4.78, 5) is 26.5. The average Bonchev–Trinajstić information content (AvgIpc) is 2.59. The molecule has 1 aliphatic heterocycles. The lowest BCUT2D eigenvalue weighted by molar-refractivity contribution is -0.138. The number of hydrogen-bond acceptors (Lipinski definition) is 5. The number of nitrogens with one attached hydrogen (secondary N) is 2. The number of nitrogens with zero attached hydrogens (tertiary/aromatic N) is 1. The van der Waals surface area contributed by atoms with Crippen molar-refractivity contribution in [2.24, 2.45) is 5.92 Å². The standard InChI is InChI=1S/C19H37N3O4/c1-5-13(3)17-19(26)20-16(18(25)21-17)9-7-8-10-22(11-14(4)23)12-15(24)6-2/h13-17,23-24H,5-12H2,1-4H3,(H,20,26)(H,21,25). The van der Waals surface area contributed by atoms with Crippen molar-refractivity contribution in [3.63, 3.8) is 0 Å². The van der Waals surface area contributed by atoms with Gasteiger partial charge < -0.3 is 20.8 Å². The van der Waals surface area contributed by atoms with Gasteiger partial charge in [0, 0.05) is 13.1 Å². The molecule has 152 valence electrons. The molecule has 0 radical (unpaired) electrons. The van der Waals surface area contributed by atoms with Gasteiger partial charge in [0.15, 0.2) is 0 Å². The Hall–Kier alpha value is -1.18. The quantitative estimate of drug-likeness (QED) is 0.377. The Morgan fingerprint density at radius 3 is 2.27 bits per heavy atom. The number of amides is 2. The van der Waals surface area contributed by atoms with Gasteiger partial charge in [-0.1, -0.05) is 27.2 Å². The van der Waals surface area contributed by atoms with Crippen LogP contribution >= 0.6 is 0 Å². The minimum atomic E-state index is -0.464. The van der Waals surface area contributed by atoms with Crippen LogP contribution in [0.25, 0.3) is 0 Å². The van der Waals surface area contributed by atoms with E-state index in [-0.39, 0.29) is 17.7 Å². The molecule has 4 N–H and O–H groups in total. The SMILES string of the molecule is CCC(O)CN(CCCCC1NC(=O)C(C(C)CC)NC1=O)CC(C)O. The van der Waals surface area contributed by atoms with Crippen LogP contribution in [0.3, 0.4) is 0 Å². The smallest absolute Gasteiger partial charge is 0.243 e.